The van der Waals surface area contributed by atoms with Gasteiger partial charge in [-0.15, -0.1) is 22.7 Å². The Hall–Kier alpha value is 0.610. The first kappa shape index (κ1) is 15.0. The maximum Gasteiger partial charge on any atom is 0.0843 e. The molecule has 2 rings (SSSR count). The smallest absolute Gasteiger partial charge is 0.0843 e. The largest absolute Gasteiger partial charge is 0.305 e. The molecule has 0 aliphatic heterocycles. The second kappa shape index (κ2) is 6.86. The minimum Gasteiger partial charge on any atom is -0.305 e. The van der Waals surface area contributed by atoms with Crippen molar-refractivity contribution in [2.24, 2.45) is 0 Å². The molecule has 0 bridgehead atoms. The Labute approximate surface area is 137 Å². The van der Waals surface area contributed by atoms with Crippen LogP contribution in [-0.2, 0) is 0 Å². The Balaban J connectivity index is 2.33. The summed E-state index contributed by atoms with van der Waals surface area (Å²) in [6.07, 6.45) is 1.10. The van der Waals surface area contributed by atoms with Crippen LogP contribution in [0.25, 0.3) is 0 Å². The van der Waals surface area contributed by atoms with Crippen molar-refractivity contribution in [2.75, 3.05) is 6.54 Å². The molecule has 0 aliphatic rings. The van der Waals surface area contributed by atoms with E-state index in [0.717, 1.165) is 26.2 Å². The Morgan fingerprint density at radius 3 is 2.72 bits per heavy atom. The van der Waals surface area contributed by atoms with Gasteiger partial charge in [-0.1, -0.05) is 18.5 Å². The average Bonchev–Trinajstić information content (AvgIpc) is 2.88. The number of hydrogen-bond acceptors (Lipinski definition) is 3. The molecule has 1 atom stereocenters. The van der Waals surface area contributed by atoms with Crippen LogP contribution in [0.2, 0.25) is 5.02 Å². The summed E-state index contributed by atoms with van der Waals surface area (Å²) in [6, 6.07) is 4.29. The summed E-state index contributed by atoms with van der Waals surface area (Å²) in [4.78, 5) is 2.46. The van der Waals surface area contributed by atoms with E-state index in [1.807, 2.05) is 11.4 Å². The summed E-state index contributed by atoms with van der Waals surface area (Å²) in [5, 5.41) is 6.44. The van der Waals surface area contributed by atoms with Crippen LogP contribution in [-0.4, -0.2) is 6.54 Å². The quantitative estimate of drug-likeness (QED) is 0.608. The first-order chi connectivity index (χ1) is 8.63. The van der Waals surface area contributed by atoms with Gasteiger partial charge in [0.2, 0.25) is 0 Å². The first-order valence-electron chi connectivity index (χ1n) is 5.54. The summed E-state index contributed by atoms with van der Waals surface area (Å²) in [7, 11) is 0. The van der Waals surface area contributed by atoms with Gasteiger partial charge < -0.3 is 5.32 Å². The predicted molar refractivity (Wildman–Crippen MR) is 89.2 cm³/mol. The van der Waals surface area contributed by atoms with Crippen molar-refractivity contribution in [3.63, 3.8) is 0 Å². The molecule has 0 spiro atoms. The fourth-order valence-electron chi connectivity index (χ4n) is 1.63. The monoisotopic (exact) mass is 427 g/mol. The molecule has 0 fully saturated rings. The zero-order valence-corrected chi connectivity index (χ0v) is 15.2. The zero-order chi connectivity index (χ0) is 13.1. The third-order valence-corrected chi connectivity index (χ3v) is 7.20. The molecule has 1 nitrogen and oxygen atoms in total. The molecule has 0 saturated carbocycles. The van der Waals surface area contributed by atoms with E-state index in [-0.39, 0.29) is 6.04 Å². The average molecular weight is 430 g/mol. The van der Waals surface area contributed by atoms with Crippen LogP contribution in [0.15, 0.2) is 25.8 Å². The fourth-order valence-corrected chi connectivity index (χ4v) is 5.14. The molecular weight excluding hydrogens is 418 g/mol. The van der Waals surface area contributed by atoms with E-state index in [0.29, 0.717) is 0 Å². The van der Waals surface area contributed by atoms with Gasteiger partial charge in [0.15, 0.2) is 0 Å². The van der Waals surface area contributed by atoms with Crippen LogP contribution in [0, 0.1) is 0 Å². The Bertz CT molecular complexity index is 504. The summed E-state index contributed by atoms with van der Waals surface area (Å²) in [5.41, 5.74) is 0. The van der Waals surface area contributed by atoms with Gasteiger partial charge in [0, 0.05) is 14.2 Å². The minimum absolute atomic E-state index is 0.185. The molecule has 6 heteroatoms. The van der Waals surface area contributed by atoms with Gasteiger partial charge >= 0.3 is 0 Å². The van der Waals surface area contributed by atoms with Gasteiger partial charge in [-0.2, -0.15) is 0 Å². The van der Waals surface area contributed by atoms with E-state index in [9.17, 15) is 0 Å². The molecule has 98 valence electrons. The van der Waals surface area contributed by atoms with Crippen LogP contribution in [0.1, 0.15) is 29.1 Å². The molecule has 2 heterocycles. The number of nitrogens with one attached hydrogen (secondary N) is 1. The van der Waals surface area contributed by atoms with Gasteiger partial charge in [0.25, 0.3) is 0 Å². The topological polar surface area (TPSA) is 12.0 Å². The van der Waals surface area contributed by atoms with Crippen LogP contribution >= 0.6 is 66.1 Å². The molecule has 0 amide bonds. The summed E-state index contributed by atoms with van der Waals surface area (Å²) >= 11 is 16.8. The van der Waals surface area contributed by atoms with Crippen LogP contribution < -0.4 is 5.32 Å². The number of rotatable bonds is 5. The van der Waals surface area contributed by atoms with Crippen molar-refractivity contribution in [3.8, 4) is 0 Å². The molecule has 0 saturated heterocycles. The van der Waals surface area contributed by atoms with Gasteiger partial charge in [-0.05, 0) is 62.3 Å². The van der Waals surface area contributed by atoms with Gasteiger partial charge in [0.05, 0.1) is 14.9 Å². The summed E-state index contributed by atoms with van der Waals surface area (Å²) in [6.45, 7) is 3.15. The highest BCUT2D eigenvalue weighted by Crippen LogP contribution is 2.40. The second-order valence-corrected chi connectivity index (χ2v) is 8.40. The van der Waals surface area contributed by atoms with Gasteiger partial charge in [-0.25, -0.2) is 0 Å². The van der Waals surface area contributed by atoms with Crippen molar-refractivity contribution in [2.45, 2.75) is 19.4 Å². The van der Waals surface area contributed by atoms with E-state index >= 15 is 0 Å². The second-order valence-electron chi connectivity index (χ2n) is 3.79. The fraction of sp³-hybridized carbons (Fsp3) is 0.333. The Kier molecular flexibility index (Phi) is 5.72. The Morgan fingerprint density at radius 2 is 2.22 bits per heavy atom. The lowest BCUT2D eigenvalue weighted by Crippen LogP contribution is -2.21. The standard InChI is InChI=1S/C12H12Br2ClNS2/c1-2-4-16-10(11-8(15)3-5-17-11)9-6-7(13)12(14)18-9/h3,5-6,10,16H,2,4H2,1H3. The van der Waals surface area contributed by atoms with Crippen LogP contribution in [0.4, 0.5) is 0 Å². The van der Waals surface area contributed by atoms with Crippen molar-refractivity contribution < 1.29 is 0 Å². The summed E-state index contributed by atoms with van der Waals surface area (Å²) < 4.78 is 2.21. The van der Waals surface area contributed by atoms with E-state index in [4.69, 9.17) is 11.6 Å². The zero-order valence-electron chi connectivity index (χ0n) is 9.67. The third-order valence-electron chi connectivity index (χ3n) is 2.45. The number of hydrogen-bond donors (Lipinski definition) is 1. The van der Waals surface area contributed by atoms with Gasteiger partial charge in [0.1, 0.15) is 0 Å². The van der Waals surface area contributed by atoms with E-state index in [2.05, 4.69) is 50.2 Å². The highest BCUT2D eigenvalue weighted by Gasteiger charge is 2.20. The third kappa shape index (κ3) is 3.38. The maximum atomic E-state index is 6.26. The number of thiophene rings is 2. The normalized spacial score (nSPS) is 12.9. The predicted octanol–water partition coefficient (Wildman–Crippen LogP) is 6.08. The van der Waals surface area contributed by atoms with Crippen molar-refractivity contribution in [1.29, 1.82) is 0 Å². The number of halogens is 3. The lowest BCUT2D eigenvalue weighted by Gasteiger charge is -2.16. The molecule has 0 aliphatic carbocycles. The highest BCUT2D eigenvalue weighted by atomic mass is 79.9. The first-order valence-corrected chi connectivity index (χ1v) is 9.20. The molecule has 1 N–H and O–H groups in total. The van der Waals surface area contributed by atoms with Crippen LogP contribution in [0.5, 0.6) is 0 Å². The van der Waals surface area contributed by atoms with Gasteiger partial charge in [-0.3, -0.25) is 0 Å². The highest BCUT2D eigenvalue weighted by molar-refractivity contribution is 9.13. The molecule has 2 aromatic rings. The molecular formula is C12H12Br2ClNS2. The minimum atomic E-state index is 0.185. The molecule has 18 heavy (non-hydrogen) atoms. The summed E-state index contributed by atoms with van der Waals surface area (Å²) in [5.74, 6) is 0. The van der Waals surface area contributed by atoms with Crippen molar-refractivity contribution in [1.82, 2.24) is 5.32 Å². The Morgan fingerprint density at radius 1 is 1.44 bits per heavy atom. The molecule has 1 unspecified atom stereocenters. The van der Waals surface area contributed by atoms with Crippen molar-refractivity contribution in [3.05, 3.63) is 40.5 Å². The lowest BCUT2D eigenvalue weighted by molar-refractivity contribution is 0.613. The maximum absolute atomic E-state index is 6.26. The lowest BCUT2D eigenvalue weighted by atomic mass is 10.2. The van der Waals surface area contributed by atoms with E-state index < -0.39 is 0 Å². The van der Waals surface area contributed by atoms with Crippen LogP contribution in [0.3, 0.4) is 0 Å². The SMILES string of the molecule is CCCNC(c1cc(Br)c(Br)s1)c1sccc1Cl. The van der Waals surface area contributed by atoms with E-state index in [1.54, 1.807) is 22.7 Å². The molecule has 0 aromatic carbocycles. The molecule has 2 aromatic heterocycles. The molecule has 0 radical (unpaired) electrons. The van der Waals surface area contributed by atoms with E-state index in [1.165, 1.54) is 9.75 Å². The van der Waals surface area contributed by atoms with Crippen molar-refractivity contribution >= 4 is 66.1 Å².